The van der Waals surface area contributed by atoms with E-state index >= 15 is 0 Å². The van der Waals surface area contributed by atoms with E-state index in [2.05, 4.69) is 20.6 Å². The fourth-order valence-corrected chi connectivity index (χ4v) is 2.41. The highest BCUT2D eigenvalue weighted by molar-refractivity contribution is 5.60. The van der Waals surface area contributed by atoms with Crippen molar-refractivity contribution in [3.8, 4) is 5.75 Å². The lowest BCUT2D eigenvalue weighted by Crippen LogP contribution is -2.05. The molecule has 0 bridgehead atoms. The van der Waals surface area contributed by atoms with Crippen molar-refractivity contribution >= 4 is 23.1 Å². The highest BCUT2D eigenvalue weighted by Crippen LogP contribution is 2.22. The first-order valence-corrected chi connectivity index (χ1v) is 8.40. The summed E-state index contributed by atoms with van der Waals surface area (Å²) in [5.74, 6) is 1.42. The van der Waals surface area contributed by atoms with Crippen LogP contribution in [-0.2, 0) is 0 Å². The van der Waals surface area contributed by atoms with Gasteiger partial charge in [0.2, 0.25) is 5.95 Å². The van der Waals surface area contributed by atoms with Crippen molar-refractivity contribution in [1.82, 2.24) is 9.97 Å². The molecule has 0 amide bonds. The number of nitrogens with one attached hydrogen (secondary N) is 2. The molecule has 0 saturated carbocycles. The van der Waals surface area contributed by atoms with Gasteiger partial charge in [-0.3, -0.25) is 0 Å². The monoisotopic (exact) mass is 352 g/mol. The summed E-state index contributed by atoms with van der Waals surface area (Å²) in [7, 11) is 0. The molecular formula is C20H21FN4O. The molecule has 1 heterocycles. The summed E-state index contributed by atoms with van der Waals surface area (Å²) in [6, 6.07) is 15.8. The molecule has 5 nitrogen and oxygen atoms in total. The standard InChI is InChI=1S/C20H21FN4O/c1-13(2)26-16-10-8-15(9-11-16)23-20-22-14(3)12-19(25-20)24-18-7-5-4-6-17(18)21/h4-13H,1-3H3,(H2,22,23,24,25). The van der Waals surface area contributed by atoms with Crippen LogP contribution in [0.5, 0.6) is 5.75 Å². The van der Waals surface area contributed by atoms with Gasteiger partial charge in [0, 0.05) is 17.4 Å². The molecule has 0 fully saturated rings. The van der Waals surface area contributed by atoms with Crippen LogP contribution in [0.4, 0.5) is 27.5 Å². The minimum atomic E-state index is -0.334. The summed E-state index contributed by atoms with van der Waals surface area (Å²) in [5.41, 5.74) is 1.97. The fourth-order valence-electron chi connectivity index (χ4n) is 2.41. The van der Waals surface area contributed by atoms with Gasteiger partial charge in [-0.15, -0.1) is 0 Å². The number of para-hydroxylation sites is 1. The second kappa shape index (κ2) is 7.82. The van der Waals surface area contributed by atoms with Crippen molar-refractivity contribution in [3.05, 3.63) is 66.1 Å². The zero-order valence-corrected chi connectivity index (χ0v) is 15.0. The van der Waals surface area contributed by atoms with Crippen LogP contribution < -0.4 is 15.4 Å². The normalized spacial score (nSPS) is 10.7. The van der Waals surface area contributed by atoms with Crippen molar-refractivity contribution in [2.45, 2.75) is 26.9 Å². The van der Waals surface area contributed by atoms with Crippen LogP contribution in [-0.4, -0.2) is 16.1 Å². The maximum absolute atomic E-state index is 13.8. The van der Waals surface area contributed by atoms with Crippen LogP contribution in [0, 0.1) is 12.7 Å². The topological polar surface area (TPSA) is 59.1 Å². The Hall–Kier alpha value is -3.15. The van der Waals surface area contributed by atoms with Gasteiger partial charge in [0.05, 0.1) is 11.8 Å². The third kappa shape index (κ3) is 4.69. The molecule has 0 saturated heterocycles. The average molecular weight is 352 g/mol. The number of nitrogens with zero attached hydrogens (tertiary/aromatic N) is 2. The van der Waals surface area contributed by atoms with Gasteiger partial charge >= 0.3 is 0 Å². The second-order valence-electron chi connectivity index (χ2n) is 6.14. The lowest BCUT2D eigenvalue weighted by Gasteiger charge is -2.12. The zero-order chi connectivity index (χ0) is 18.5. The molecule has 0 aliphatic carbocycles. The van der Waals surface area contributed by atoms with Crippen molar-refractivity contribution in [2.24, 2.45) is 0 Å². The number of halogens is 1. The largest absolute Gasteiger partial charge is 0.491 e. The molecule has 0 spiro atoms. The molecule has 26 heavy (non-hydrogen) atoms. The van der Waals surface area contributed by atoms with E-state index in [1.54, 1.807) is 24.3 Å². The Kier molecular flexibility index (Phi) is 5.31. The smallest absolute Gasteiger partial charge is 0.229 e. The number of hydrogen-bond donors (Lipinski definition) is 2. The number of aryl methyl sites for hydroxylation is 1. The molecule has 134 valence electrons. The van der Waals surface area contributed by atoms with Crippen molar-refractivity contribution in [3.63, 3.8) is 0 Å². The maximum atomic E-state index is 13.8. The van der Waals surface area contributed by atoms with Gasteiger partial charge in [0.15, 0.2) is 0 Å². The van der Waals surface area contributed by atoms with Crippen molar-refractivity contribution < 1.29 is 9.13 Å². The van der Waals surface area contributed by atoms with Crippen LogP contribution in [0.2, 0.25) is 0 Å². The quantitative estimate of drug-likeness (QED) is 0.639. The molecular weight excluding hydrogens is 331 g/mol. The number of aromatic nitrogens is 2. The Morgan fingerprint density at radius 3 is 2.38 bits per heavy atom. The van der Waals surface area contributed by atoms with Gasteiger partial charge < -0.3 is 15.4 Å². The Morgan fingerprint density at radius 1 is 0.962 bits per heavy atom. The van der Waals surface area contributed by atoms with Crippen molar-refractivity contribution in [1.29, 1.82) is 0 Å². The van der Waals surface area contributed by atoms with E-state index in [1.165, 1.54) is 6.07 Å². The van der Waals surface area contributed by atoms with Crippen LogP contribution >= 0.6 is 0 Å². The van der Waals surface area contributed by atoms with E-state index in [-0.39, 0.29) is 11.9 Å². The van der Waals surface area contributed by atoms with Gasteiger partial charge in [-0.25, -0.2) is 9.37 Å². The molecule has 0 radical (unpaired) electrons. The number of hydrogen-bond acceptors (Lipinski definition) is 5. The predicted octanol–water partition coefficient (Wildman–Crippen LogP) is 5.20. The summed E-state index contributed by atoms with van der Waals surface area (Å²) < 4.78 is 19.4. The fraction of sp³-hybridized carbons (Fsp3) is 0.200. The minimum absolute atomic E-state index is 0.126. The first-order chi connectivity index (χ1) is 12.5. The molecule has 0 unspecified atom stereocenters. The first-order valence-electron chi connectivity index (χ1n) is 8.40. The zero-order valence-electron chi connectivity index (χ0n) is 15.0. The second-order valence-corrected chi connectivity index (χ2v) is 6.14. The lowest BCUT2D eigenvalue weighted by molar-refractivity contribution is 0.242. The molecule has 0 aliphatic rings. The van der Waals surface area contributed by atoms with Gasteiger partial charge in [0.25, 0.3) is 0 Å². The molecule has 2 aromatic carbocycles. The number of ether oxygens (including phenoxy) is 1. The molecule has 1 aromatic heterocycles. The van der Waals surface area contributed by atoms with E-state index < -0.39 is 0 Å². The Bertz CT molecular complexity index is 881. The lowest BCUT2D eigenvalue weighted by atomic mass is 10.3. The Morgan fingerprint density at radius 2 is 1.69 bits per heavy atom. The predicted molar refractivity (Wildman–Crippen MR) is 102 cm³/mol. The van der Waals surface area contributed by atoms with E-state index in [1.807, 2.05) is 45.0 Å². The molecule has 0 atom stereocenters. The molecule has 3 rings (SSSR count). The third-order valence-corrected chi connectivity index (χ3v) is 3.47. The number of benzene rings is 2. The van der Waals surface area contributed by atoms with Crippen LogP contribution in [0.25, 0.3) is 0 Å². The summed E-state index contributed by atoms with van der Waals surface area (Å²) in [6.45, 7) is 5.83. The Labute approximate surface area is 152 Å². The van der Waals surface area contributed by atoms with Gasteiger partial charge in [0.1, 0.15) is 17.4 Å². The molecule has 3 aromatic rings. The summed E-state index contributed by atoms with van der Waals surface area (Å²) in [6.07, 6.45) is 0.126. The molecule has 6 heteroatoms. The van der Waals surface area contributed by atoms with Crippen LogP contribution in [0.15, 0.2) is 54.6 Å². The summed E-state index contributed by atoms with van der Waals surface area (Å²) in [5, 5.41) is 6.14. The summed E-state index contributed by atoms with van der Waals surface area (Å²) >= 11 is 0. The van der Waals surface area contributed by atoms with Crippen molar-refractivity contribution in [2.75, 3.05) is 10.6 Å². The van der Waals surface area contributed by atoms with Gasteiger partial charge in [-0.2, -0.15) is 4.98 Å². The molecule has 2 N–H and O–H groups in total. The SMILES string of the molecule is Cc1cc(Nc2ccccc2F)nc(Nc2ccc(OC(C)C)cc2)n1. The third-order valence-electron chi connectivity index (χ3n) is 3.47. The maximum Gasteiger partial charge on any atom is 0.229 e. The highest BCUT2D eigenvalue weighted by atomic mass is 19.1. The minimum Gasteiger partial charge on any atom is -0.491 e. The Balaban J connectivity index is 1.76. The molecule has 0 aliphatic heterocycles. The van der Waals surface area contributed by atoms with E-state index in [0.717, 1.165) is 17.1 Å². The number of anilines is 4. The van der Waals surface area contributed by atoms with E-state index in [4.69, 9.17) is 4.74 Å². The van der Waals surface area contributed by atoms with E-state index in [9.17, 15) is 4.39 Å². The number of rotatable bonds is 6. The van der Waals surface area contributed by atoms with E-state index in [0.29, 0.717) is 17.5 Å². The first kappa shape index (κ1) is 17.7. The summed E-state index contributed by atoms with van der Waals surface area (Å²) in [4.78, 5) is 8.78. The van der Waals surface area contributed by atoms with Gasteiger partial charge in [-0.1, -0.05) is 12.1 Å². The van der Waals surface area contributed by atoms with Crippen LogP contribution in [0.3, 0.4) is 0 Å². The van der Waals surface area contributed by atoms with Gasteiger partial charge in [-0.05, 0) is 57.2 Å². The highest BCUT2D eigenvalue weighted by Gasteiger charge is 2.06. The van der Waals surface area contributed by atoms with Crippen LogP contribution in [0.1, 0.15) is 19.5 Å². The average Bonchev–Trinajstić information content (AvgIpc) is 2.58.